The number of nitrogens with zero attached hydrogens (tertiary/aromatic N) is 2. The lowest BCUT2D eigenvalue weighted by Crippen LogP contribution is -2.45. The number of hydrogen-bond donors (Lipinski definition) is 1. The maximum Gasteiger partial charge on any atom is 0.124 e. The molecule has 1 atom stereocenters. The van der Waals surface area contributed by atoms with Gasteiger partial charge in [-0.05, 0) is 17.7 Å². The Morgan fingerprint density at radius 3 is 3.16 bits per heavy atom. The summed E-state index contributed by atoms with van der Waals surface area (Å²) in [6, 6.07) is 10.3. The molecule has 0 amide bonds. The quantitative estimate of drug-likeness (QED) is 0.936. The molecular formula is C14H16ClN3O. The van der Waals surface area contributed by atoms with Crippen molar-refractivity contribution in [3.63, 3.8) is 0 Å². The van der Waals surface area contributed by atoms with Gasteiger partial charge in [-0.15, -0.1) is 0 Å². The van der Waals surface area contributed by atoms with Crippen molar-refractivity contribution in [2.45, 2.75) is 12.6 Å². The molecule has 0 aliphatic carbocycles. The van der Waals surface area contributed by atoms with Crippen LogP contribution in [0.15, 0.2) is 41.1 Å². The zero-order chi connectivity index (χ0) is 13.1. The van der Waals surface area contributed by atoms with Gasteiger partial charge in [0.2, 0.25) is 0 Å². The molecule has 100 valence electrons. The fraction of sp³-hybridized carbons (Fsp3) is 0.357. The van der Waals surface area contributed by atoms with Crippen LogP contribution in [0.1, 0.15) is 17.3 Å². The van der Waals surface area contributed by atoms with E-state index in [1.807, 2.05) is 24.3 Å². The van der Waals surface area contributed by atoms with Gasteiger partial charge < -0.3 is 9.84 Å². The molecule has 0 radical (unpaired) electrons. The molecule has 19 heavy (non-hydrogen) atoms. The van der Waals surface area contributed by atoms with Crippen molar-refractivity contribution < 1.29 is 4.52 Å². The van der Waals surface area contributed by atoms with Crippen molar-refractivity contribution in [1.29, 1.82) is 0 Å². The third-order valence-electron chi connectivity index (χ3n) is 3.44. The molecular weight excluding hydrogens is 262 g/mol. The highest BCUT2D eigenvalue weighted by molar-refractivity contribution is 6.30. The van der Waals surface area contributed by atoms with Crippen LogP contribution in [-0.2, 0) is 6.54 Å². The Morgan fingerprint density at radius 1 is 1.42 bits per heavy atom. The Hall–Kier alpha value is -1.36. The van der Waals surface area contributed by atoms with Crippen LogP contribution in [0.4, 0.5) is 0 Å². The Bertz CT molecular complexity index is 529. The van der Waals surface area contributed by atoms with Crippen LogP contribution in [0.3, 0.4) is 0 Å². The first-order valence-corrected chi connectivity index (χ1v) is 6.80. The van der Waals surface area contributed by atoms with Crippen LogP contribution in [-0.4, -0.2) is 29.7 Å². The molecule has 1 unspecified atom stereocenters. The minimum atomic E-state index is 0.323. The minimum absolute atomic E-state index is 0.323. The number of rotatable bonds is 3. The van der Waals surface area contributed by atoms with E-state index in [0.717, 1.165) is 36.9 Å². The fourth-order valence-electron chi connectivity index (χ4n) is 2.51. The third kappa shape index (κ3) is 2.97. The molecule has 2 aromatic rings. The maximum absolute atomic E-state index is 6.09. The summed E-state index contributed by atoms with van der Waals surface area (Å²) in [7, 11) is 0. The van der Waals surface area contributed by atoms with Crippen molar-refractivity contribution in [3.8, 4) is 0 Å². The molecule has 5 heteroatoms. The minimum Gasteiger partial charge on any atom is -0.364 e. The Morgan fingerprint density at radius 2 is 2.37 bits per heavy atom. The van der Waals surface area contributed by atoms with E-state index in [1.54, 1.807) is 6.26 Å². The second-order valence-corrected chi connectivity index (χ2v) is 5.17. The van der Waals surface area contributed by atoms with Gasteiger partial charge >= 0.3 is 0 Å². The number of benzene rings is 1. The van der Waals surface area contributed by atoms with Crippen molar-refractivity contribution in [2.24, 2.45) is 0 Å². The normalized spacial score (nSPS) is 20.6. The summed E-state index contributed by atoms with van der Waals surface area (Å²) in [5, 5.41) is 8.21. The van der Waals surface area contributed by atoms with Gasteiger partial charge in [0, 0.05) is 43.3 Å². The van der Waals surface area contributed by atoms with E-state index in [2.05, 4.69) is 21.4 Å². The second-order valence-electron chi connectivity index (χ2n) is 4.74. The van der Waals surface area contributed by atoms with Gasteiger partial charge in [0.25, 0.3) is 0 Å². The van der Waals surface area contributed by atoms with Gasteiger partial charge in [-0.2, -0.15) is 0 Å². The van der Waals surface area contributed by atoms with Crippen molar-refractivity contribution in [2.75, 3.05) is 19.6 Å². The molecule has 0 bridgehead atoms. The summed E-state index contributed by atoms with van der Waals surface area (Å²) >= 11 is 6.09. The van der Waals surface area contributed by atoms with Gasteiger partial charge in [0.1, 0.15) is 6.26 Å². The predicted octanol–water partition coefficient (Wildman–Crippen LogP) is 2.47. The SMILES string of the molecule is Clc1cccc(C2CNCCN2Cc2ccon2)c1. The average Bonchev–Trinajstić information content (AvgIpc) is 2.92. The van der Waals surface area contributed by atoms with E-state index in [-0.39, 0.29) is 0 Å². The Balaban J connectivity index is 1.80. The van der Waals surface area contributed by atoms with E-state index < -0.39 is 0 Å². The summed E-state index contributed by atoms with van der Waals surface area (Å²) in [6.07, 6.45) is 1.62. The van der Waals surface area contributed by atoms with Crippen LogP contribution in [0.25, 0.3) is 0 Å². The lowest BCUT2D eigenvalue weighted by molar-refractivity contribution is 0.150. The standard InChI is InChI=1S/C14H16ClN3O/c15-12-3-1-2-11(8-12)14-9-16-5-6-18(14)10-13-4-7-19-17-13/h1-4,7-8,14,16H,5-6,9-10H2. The van der Waals surface area contributed by atoms with Gasteiger partial charge in [-0.1, -0.05) is 28.9 Å². The largest absolute Gasteiger partial charge is 0.364 e. The molecule has 1 aliphatic rings. The van der Waals surface area contributed by atoms with Crippen LogP contribution in [0.5, 0.6) is 0 Å². The van der Waals surface area contributed by atoms with Crippen LogP contribution < -0.4 is 5.32 Å². The topological polar surface area (TPSA) is 41.3 Å². The van der Waals surface area contributed by atoms with Gasteiger partial charge in [0.15, 0.2) is 0 Å². The average molecular weight is 278 g/mol. The van der Waals surface area contributed by atoms with Crippen molar-refractivity contribution in [3.05, 3.63) is 52.9 Å². The van der Waals surface area contributed by atoms with E-state index >= 15 is 0 Å². The molecule has 3 rings (SSSR count). The highest BCUT2D eigenvalue weighted by Crippen LogP contribution is 2.25. The van der Waals surface area contributed by atoms with E-state index in [4.69, 9.17) is 16.1 Å². The van der Waals surface area contributed by atoms with Gasteiger partial charge in [0.05, 0.1) is 5.69 Å². The van der Waals surface area contributed by atoms with Gasteiger partial charge in [-0.3, -0.25) is 4.90 Å². The molecule has 1 aromatic carbocycles. The first-order valence-electron chi connectivity index (χ1n) is 6.42. The molecule has 1 N–H and O–H groups in total. The molecule has 1 saturated heterocycles. The monoisotopic (exact) mass is 277 g/mol. The molecule has 1 aliphatic heterocycles. The summed E-state index contributed by atoms with van der Waals surface area (Å²) in [4.78, 5) is 2.40. The smallest absolute Gasteiger partial charge is 0.124 e. The first kappa shape index (κ1) is 12.7. The number of aromatic nitrogens is 1. The lowest BCUT2D eigenvalue weighted by Gasteiger charge is -2.36. The maximum atomic E-state index is 6.09. The fourth-order valence-corrected chi connectivity index (χ4v) is 2.70. The zero-order valence-corrected chi connectivity index (χ0v) is 11.3. The Labute approximate surface area is 117 Å². The first-order chi connectivity index (χ1) is 9.33. The van der Waals surface area contributed by atoms with Crippen LogP contribution in [0.2, 0.25) is 5.02 Å². The predicted molar refractivity (Wildman–Crippen MR) is 74.0 cm³/mol. The van der Waals surface area contributed by atoms with E-state index in [0.29, 0.717) is 6.04 Å². The molecule has 0 saturated carbocycles. The molecule has 2 heterocycles. The molecule has 1 fully saturated rings. The molecule has 0 spiro atoms. The van der Waals surface area contributed by atoms with Crippen molar-refractivity contribution >= 4 is 11.6 Å². The summed E-state index contributed by atoms with van der Waals surface area (Å²) < 4.78 is 4.90. The Kier molecular flexibility index (Phi) is 3.82. The number of nitrogens with one attached hydrogen (secondary N) is 1. The summed E-state index contributed by atoms with van der Waals surface area (Å²) in [5.74, 6) is 0. The summed E-state index contributed by atoms with van der Waals surface area (Å²) in [5.41, 5.74) is 2.21. The number of halogens is 1. The van der Waals surface area contributed by atoms with Crippen molar-refractivity contribution in [1.82, 2.24) is 15.4 Å². The molecule has 1 aromatic heterocycles. The van der Waals surface area contributed by atoms with Crippen LogP contribution >= 0.6 is 11.6 Å². The van der Waals surface area contributed by atoms with E-state index in [9.17, 15) is 0 Å². The second kappa shape index (κ2) is 5.74. The van der Waals surface area contributed by atoms with E-state index in [1.165, 1.54) is 5.56 Å². The third-order valence-corrected chi connectivity index (χ3v) is 3.68. The zero-order valence-electron chi connectivity index (χ0n) is 10.6. The molecule has 4 nitrogen and oxygen atoms in total. The highest BCUT2D eigenvalue weighted by atomic mass is 35.5. The van der Waals surface area contributed by atoms with Gasteiger partial charge in [-0.25, -0.2) is 0 Å². The lowest BCUT2D eigenvalue weighted by atomic mass is 10.0. The summed E-state index contributed by atoms with van der Waals surface area (Å²) in [6.45, 7) is 3.71. The number of hydrogen-bond acceptors (Lipinski definition) is 4. The van der Waals surface area contributed by atoms with Crippen LogP contribution in [0, 0.1) is 0 Å². The number of piperazine rings is 1. The highest BCUT2D eigenvalue weighted by Gasteiger charge is 2.24.